The van der Waals surface area contributed by atoms with Crippen molar-refractivity contribution in [2.75, 3.05) is 19.6 Å². The highest BCUT2D eigenvalue weighted by molar-refractivity contribution is 5.85. The lowest BCUT2D eigenvalue weighted by Gasteiger charge is -2.17. The SMILES string of the molecule is Cl.NCC1CCN(C(=O)CCC2CCCC2)C1. The Hall–Kier alpha value is -0.280. The van der Waals surface area contributed by atoms with Gasteiger partial charge in [0.15, 0.2) is 0 Å². The number of likely N-dealkylation sites (tertiary alicyclic amines) is 1. The van der Waals surface area contributed by atoms with E-state index < -0.39 is 0 Å². The van der Waals surface area contributed by atoms with Gasteiger partial charge in [0.1, 0.15) is 0 Å². The molecule has 3 nitrogen and oxygen atoms in total. The van der Waals surface area contributed by atoms with Gasteiger partial charge in [-0.2, -0.15) is 0 Å². The molecular formula is C13H25ClN2O. The number of hydrogen-bond donors (Lipinski definition) is 1. The van der Waals surface area contributed by atoms with Gasteiger partial charge in [0, 0.05) is 19.5 Å². The molecule has 0 spiro atoms. The molecule has 2 aliphatic rings. The third-order valence-corrected chi connectivity index (χ3v) is 4.21. The molecule has 0 aromatic carbocycles. The molecular weight excluding hydrogens is 236 g/mol. The van der Waals surface area contributed by atoms with Crippen molar-refractivity contribution in [3.05, 3.63) is 0 Å². The second-order valence-corrected chi connectivity index (χ2v) is 5.42. The average molecular weight is 261 g/mol. The predicted molar refractivity (Wildman–Crippen MR) is 72.2 cm³/mol. The van der Waals surface area contributed by atoms with Gasteiger partial charge in [0.25, 0.3) is 0 Å². The second-order valence-electron chi connectivity index (χ2n) is 5.42. The van der Waals surface area contributed by atoms with Gasteiger partial charge in [0.05, 0.1) is 0 Å². The lowest BCUT2D eigenvalue weighted by molar-refractivity contribution is -0.130. The zero-order valence-electron chi connectivity index (χ0n) is 10.6. The monoisotopic (exact) mass is 260 g/mol. The summed E-state index contributed by atoms with van der Waals surface area (Å²) >= 11 is 0. The maximum atomic E-state index is 11.9. The van der Waals surface area contributed by atoms with Crippen LogP contribution in [0.25, 0.3) is 0 Å². The van der Waals surface area contributed by atoms with Crippen LogP contribution in [-0.2, 0) is 4.79 Å². The van der Waals surface area contributed by atoms with E-state index in [0.29, 0.717) is 11.8 Å². The van der Waals surface area contributed by atoms with Crippen molar-refractivity contribution >= 4 is 18.3 Å². The number of nitrogens with zero attached hydrogens (tertiary/aromatic N) is 1. The van der Waals surface area contributed by atoms with E-state index in [2.05, 4.69) is 0 Å². The molecule has 17 heavy (non-hydrogen) atoms. The number of amides is 1. The van der Waals surface area contributed by atoms with Crippen LogP contribution in [0.3, 0.4) is 0 Å². The highest BCUT2D eigenvalue weighted by atomic mass is 35.5. The minimum atomic E-state index is 0. The minimum absolute atomic E-state index is 0. The van der Waals surface area contributed by atoms with Crippen molar-refractivity contribution in [2.45, 2.75) is 44.9 Å². The Labute approximate surface area is 111 Å². The summed E-state index contributed by atoms with van der Waals surface area (Å²) in [6, 6.07) is 0. The molecule has 1 saturated heterocycles. The quantitative estimate of drug-likeness (QED) is 0.842. The van der Waals surface area contributed by atoms with Crippen molar-refractivity contribution < 1.29 is 4.79 Å². The highest BCUT2D eigenvalue weighted by Crippen LogP contribution is 2.29. The molecule has 1 amide bonds. The zero-order chi connectivity index (χ0) is 11.4. The lowest BCUT2D eigenvalue weighted by atomic mass is 10.0. The van der Waals surface area contributed by atoms with Crippen LogP contribution in [0.5, 0.6) is 0 Å². The first-order valence-corrected chi connectivity index (χ1v) is 6.77. The summed E-state index contributed by atoms with van der Waals surface area (Å²) in [5.74, 6) is 1.75. The van der Waals surface area contributed by atoms with Crippen LogP contribution in [0.2, 0.25) is 0 Å². The van der Waals surface area contributed by atoms with Gasteiger partial charge in [-0.3, -0.25) is 4.79 Å². The Morgan fingerprint density at radius 1 is 1.18 bits per heavy atom. The zero-order valence-corrected chi connectivity index (χ0v) is 11.4. The first-order chi connectivity index (χ1) is 7.79. The van der Waals surface area contributed by atoms with E-state index in [1.54, 1.807) is 0 Å². The van der Waals surface area contributed by atoms with Gasteiger partial charge in [-0.25, -0.2) is 0 Å². The van der Waals surface area contributed by atoms with Crippen LogP contribution in [0.4, 0.5) is 0 Å². The Morgan fingerprint density at radius 2 is 1.88 bits per heavy atom. The average Bonchev–Trinajstić information content (AvgIpc) is 2.96. The maximum Gasteiger partial charge on any atom is 0.222 e. The molecule has 2 N–H and O–H groups in total. The first-order valence-electron chi connectivity index (χ1n) is 6.77. The Kier molecular flexibility index (Phi) is 6.28. The summed E-state index contributed by atoms with van der Waals surface area (Å²) in [4.78, 5) is 14.0. The summed E-state index contributed by atoms with van der Waals surface area (Å²) in [6.45, 7) is 2.57. The van der Waals surface area contributed by atoms with Gasteiger partial charge >= 0.3 is 0 Å². The van der Waals surface area contributed by atoms with Crippen LogP contribution >= 0.6 is 12.4 Å². The van der Waals surface area contributed by atoms with Crippen LogP contribution in [-0.4, -0.2) is 30.4 Å². The molecule has 1 aliphatic heterocycles. The molecule has 1 atom stereocenters. The summed E-state index contributed by atoms with van der Waals surface area (Å²) in [6.07, 6.45) is 8.42. The summed E-state index contributed by atoms with van der Waals surface area (Å²) in [5.41, 5.74) is 5.63. The number of halogens is 1. The fraction of sp³-hybridized carbons (Fsp3) is 0.923. The van der Waals surface area contributed by atoms with E-state index in [4.69, 9.17) is 5.73 Å². The number of nitrogens with two attached hydrogens (primary N) is 1. The van der Waals surface area contributed by atoms with Gasteiger partial charge in [-0.1, -0.05) is 25.7 Å². The van der Waals surface area contributed by atoms with E-state index in [0.717, 1.165) is 44.8 Å². The molecule has 100 valence electrons. The summed E-state index contributed by atoms with van der Waals surface area (Å²) in [5, 5.41) is 0. The largest absolute Gasteiger partial charge is 0.342 e. The fourth-order valence-corrected chi connectivity index (χ4v) is 3.04. The van der Waals surface area contributed by atoms with Crippen molar-refractivity contribution in [3.8, 4) is 0 Å². The molecule has 2 fully saturated rings. The van der Waals surface area contributed by atoms with Crippen molar-refractivity contribution in [3.63, 3.8) is 0 Å². The molecule has 0 radical (unpaired) electrons. The smallest absolute Gasteiger partial charge is 0.222 e. The van der Waals surface area contributed by atoms with Crippen LogP contribution in [0, 0.1) is 11.8 Å². The van der Waals surface area contributed by atoms with E-state index in [1.807, 2.05) is 4.90 Å². The predicted octanol–water partition coefficient (Wildman–Crippen LogP) is 2.19. The molecule has 0 aromatic heterocycles. The van der Waals surface area contributed by atoms with Crippen LogP contribution in [0.1, 0.15) is 44.9 Å². The van der Waals surface area contributed by atoms with Gasteiger partial charge in [-0.05, 0) is 31.2 Å². The van der Waals surface area contributed by atoms with E-state index in [-0.39, 0.29) is 12.4 Å². The van der Waals surface area contributed by atoms with E-state index in [1.165, 1.54) is 25.7 Å². The fourth-order valence-electron chi connectivity index (χ4n) is 3.04. The number of carbonyl (C=O) groups is 1. The standard InChI is InChI=1S/C13H24N2O.ClH/c14-9-12-7-8-15(10-12)13(16)6-5-11-3-1-2-4-11;/h11-12H,1-10,14H2;1H. The Balaban J connectivity index is 0.00000144. The first kappa shape index (κ1) is 14.8. The second kappa shape index (κ2) is 7.22. The van der Waals surface area contributed by atoms with E-state index >= 15 is 0 Å². The third-order valence-electron chi connectivity index (χ3n) is 4.21. The number of carbonyl (C=O) groups excluding carboxylic acids is 1. The van der Waals surface area contributed by atoms with E-state index in [9.17, 15) is 4.79 Å². The Bertz CT molecular complexity index is 242. The third kappa shape index (κ3) is 4.14. The molecule has 0 aromatic rings. The van der Waals surface area contributed by atoms with Gasteiger partial charge in [0.2, 0.25) is 5.91 Å². The topological polar surface area (TPSA) is 46.3 Å². The molecule has 1 heterocycles. The number of rotatable bonds is 4. The molecule has 4 heteroatoms. The molecule has 1 saturated carbocycles. The molecule has 2 rings (SSSR count). The van der Waals surface area contributed by atoms with Gasteiger partial charge in [-0.15, -0.1) is 12.4 Å². The molecule has 1 aliphatic carbocycles. The summed E-state index contributed by atoms with van der Waals surface area (Å²) in [7, 11) is 0. The van der Waals surface area contributed by atoms with Crippen LogP contribution < -0.4 is 5.73 Å². The Morgan fingerprint density at radius 3 is 2.47 bits per heavy atom. The normalized spacial score (nSPS) is 25.0. The molecule has 0 bridgehead atoms. The van der Waals surface area contributed by atoms with Crippen molar-refractivity contribution in [2.24, 2.45) is 17.6 Å². The number of hydrogen-bond acceptors (Lipinski definition) is 2. The van der Waals surface area contributed by atoms with Crippen LogP contribution in [0.15, 0.2) is 0 Å². The summed E-state index contributed by atoms with van der Waals surface area (Å²) < 4.78 is 0. The highest BCUT2D eigenvalue weighted by Gasteiger charge is 2.25. The lowest BCUT2D eigenvalue weighted by Crippen LogP contribution is -2.29. The minimum Gasteiger partial charge on any atom is -0.342 e. The van der Waals surface area contributed by atoms with Gasteiger partial charge < -0.3 is 10.6 Å². The van der Waals surface area contributed by atoms with Crippen molar-refractivity contribution in [1.82, 2.24) is 4.90 Å². The van der Waals surface area contributed by atoms with Crippen molar-refractivity contribution in [1.29, 1.82) is 0 Å². The molecule has 1 unspecified atom stereocenters. The maximum absolute atomic E-state index is 11.9.